The van der Waals surface area contributed by atoms with Gasteiger partial charge in [-0.3, -0.25) is 9.69 Å². The van der Waals surface area contributed by atoms with Gasteiger partial charge in [0.2, 0.25) is 0 Å². The van der Waals surface area contributed by atoms with E-state index in [1.165, 1.54) is 0 Å². The number of rotatable bonds is 3. The maximum atomic E-state index is 12.9. The third-order valence-corrected chi connectivity index (χ3v) is 4.59. The molecule has 6 heteroatoms. The minimum Gasteiger partial charge on any atom is -0.497 e. The fourth-order valence-electron chi connectivity index (χ4n) is 3.10. The lowest BCUT2D eigenvalue weighted by molar-refractivity contribution is -0.114. The van der Waals surface area contributed by atoms with Gasteiger partial charge < -0.3 is 9.64 Å². The minimum absolute atomic E-state index is 0.114. The first-order chi connectivity index (χ1) is 13.2. The van der Waals surface area contributed by atoms with Crippen molar-refractivity contribution < 1.29 is 9.53 Å². The average Bonchev–Trinajstić information content (AvgIpc) is 2.71. The van der Waals surface area contributed by atoms with E-state index in [1.54, 1.807) is 24.2 Å². The van der Waals surface area contributed by atoms with E-state index in [1.807, 2.05) is 60.5 Å². The summed E-state index contributed by atoms with van der Waals surface area (Å²) >= 11 is 0. The summed E-state index contributed by atoms with van der Waals surface area (Å²) in [6.07, 6.45) is 3.36. The molecule has 2 aromatic carbocycles. The number of methoxy groups -OCH3 is 1. The van der Waals surface area contributed by atoms with Gasteiger partial charge in [0.15, 0.2) is 11.6 Å². The molecule has 0 spiro atoms. The SMILES string of the molecule is COc1cccc(/C=C/C(=O)N2CCN(C)c3nc4ccccc4nc32)c1. The standard InChI is InChI=1S/C21H20N4O2/c1-24-12-13-25(19(26)11-10-15-6-5-7-16(14-15)27-2)21-20(24)22-17-8-3-4-9-18(17)23-21/h3-11,14H,12-13H2,1-2H3/b11-10+. The van der Waals surface area contributed by atoms with Crippen LogP contribution in [0.25, 0.3) is 17.1 Å². The molecule has 4 rings (SSSR count). The molecule has 6 nitrogen and oxygen atoms in total. The van der Waals surface area contributed by atoms with E-state index < -0.39 is 0 Å². The van der Waals surface area contributed by atoms with Gasteiger partial charge in [-0.05, 0) is 35.9 Å². The zero-order valence-electron chi connectivity index (χ0n) is 15.3. The number of nitrogens with zero attached hydrogens (tertiary/aromatic N) is 4. The largest absolute Gasteiger partial charge is 0.497 e. The van der Waals surface area contributed by atoms with Crippen molar-refractivity contribution in [3.63, 3.8) is 0 Å². The Kier molecular flexibility index (Phi) is 4.46. The number of fused-ring (bicyclic) bond motifs is 2. The number of aromatic nitrogens is 2. The normalized spacial score (nSPS) is 13.9. The molecule has 0 radical (unpaired) electrons. The number of anilines is 2. The van der Waals surface area contributed by atoms with Crippen LogP contribution in [-0.4, -0.2) is 43.1 Å². The van der Waals surface area contributed by atoms with Crippen LogP contribution in [-0.2, 0) is 4.79 Å². The molecule has 0 fully saturated rings. The first kappa shape index (κ1) is 17.0. The second-order valence-electron chi connectivity index (χ2n) is 6.38. The predicted octanol–water partition coefficient (Wildman–Crippen LogP) is 3.13. The van der Waals surface area contributed by atoms with Gasteiger partial charge in [0.25, 0.3) is 5.91 Å². The molecular formula is C21H20N4O2. The molecule has 1 amide bonds. The minimum atomic E-state index is -0.114. The van der Waals surface area contributed by atoms with E-state index in [2.05, 4.69) is 0 Å². The Balaban J connectivity index is 1.66. The molecule has 136 valence electrons. The van der Waals surface area contributed by atoms with E-state index in [-0.39, 0.29) is 5.91 Å². The number of amides is 1. The lowest BCUT2D eigenvalue weighted by atomic mass is 10.2. The lowest BCUT2D eigenvalue weighted by Crippen LogP contribution is -2.43. The highest BCUT2D eigenvalue weighted by atomic mass is 16.5. The molecule has 0 aliphatic carbocycles. The van der Waals surface area contributed by atoms with Crippen molar-refractivity contribution in [1.82, 2.24) is 9.97 Å². The Morgan fingerprint density at radius 2 is 1.78 bits per heavy atom. The van der Waals surface area contributed by atoms with Crippen LogP contribution in [0.15, 0.2) is 54.6 Å². The number of hydrogen-bond donors (Lipinski definition) is 0. The number of carbonyl (C=O) groups excluding carboxylic acids is 1. The van der Waals surface area contributed by atoms with Crippen LogP contribution in [0.4, 0.5) is 11.6 Å². The van der Waals surface area contributed by atoms with E-state index in [4.69, 9.17) is 14.7 Å². The zero-order valence-corrected chi connectivity index (χ0v) is 15.3. The molecule has 0 bridgehead atoms. The van der Waals surface area contributed by atoms with E-state index in [0.717, 1.165) is 28.2 Å². The lowest BCUT2D eigenvalue weighted by Gasteiger charge is -2.33. The molecule has 1 aliphatic rings. The number of carbonyl (C=O) groups is 1. The van der Waals surface area contributed by atoms with Gasteiger partial charge in [0.05, 0.1) is 18.1 Å². The van der Waals surface area contributed by atoms with Crippen molar-refractivity contribution in [3.05, 3.63) is 60.2 Å². The highest BCUT2D eigenvalue weighted by Gasteiger charge is 2.27. The molecule has 0 saturated carbocycles. The summed E-state index contributed by atoms with van der Waals surface area (Å²) in [7, 11) is 3.59. The topological polar surface area (TPSA) is 58.6 Å². The van der Waals surface area contributed by atoms with E-state index in [9.17, 15) is 4.79 Å². The molecule has 3 aromatic rings. The smallest absolute Gasteiger partial charge is 0.252 e. The Morgan fingerprint density at radius 3 is 2.52 bits per heavy atom. The number of benzene rings is 2. The maximum absolute atomic E-state index is 12.9. The Bertz CT molecular complexity index is 1030. The van der Waals surface area contributed by atoms with Crippen LogP contribution in [0.3, 0.4) is 0 Å². The van der Waals surface area contributed by atoms with Crippen molar-refractivity contribution in [3.8, 4) is 5.75 Å². The number of ether oxygens (including phenoxy) is 1. The average molecular weight is 360 g/mol. The number of para-hydroxylation sites is 2. The fraction of sp³-hybridized carbons (Fsp3) is 0.190. The molecule has 0 unspecified atom stereocenters. The highest BCUT2D eigenvalue weighted by Crippen LogP contribution is 2.30. The van der Waals surface area contributed by atoms with Crippen LogP contribution >= 0.6 is 0 Å². The van der Waals surface area contributed by atoms with Crippen LogP contribution in [0.1, 0.15) is 5.56 Å². The van der Waals surface area contributed by atoms with Crippen molar-refractivity contribution in [1.29, 1.82) is 0 Å². The predicted molar refractivity (Wildman–Crippen MR) is 107 cm³/mol. The Hall–Kier alpha value is -3.41. The van der Waals surface area contributed by atoms with Gasteiger partial charge in [-0.1, -0.05) is 24.3 Å². The summed E-state index contributed by atoms with van der Waals surface area (Å²) in [6.45, 7) is 1.27. The summed E-state index contributed by atoms with van der Waals surface area (Å²) in [4.78, 5) is 26.0. The molecular weight excluding hydrogens is 340 g/mol. The molecule has 1 aromatic heterocycles. The third-order valence-electron chi connectivity index (χ3n) is 4.59. The van der Waals surface area contributed by atoms with Crippen LogP contribution < -0.4 is 14.5 Å². The van der Waals surface area contributed by atoms with Crippen LogP contribution in [0, 0.1) is 0 Å². The first-order valence-corrected chi connectivity index (χ1v) is 8.77. The number of likely N-dealkylation sites (N-methyl/N-ethyl adjacent to an activating group) is 1. The fourth-order valence-corrected chi connectivity index (χ4v) is 3.10. The summed E-state index contributed by atoms with van der Waals surface area (Å²) in [6, 6.07) is 15.3. The highest BCUT2D eigenvalue weighted by molar-refractivity contribution is 6.05. The Morgan fingerprint density at radius 1 is 1.04 bits per heavy atom. The monoisotopic (exact) mass is 360 g/mol. The van der Waals surface area contributed by atoms with E-state index >= 15 is 0 Å². The van der Waals surface area contributed by atoms with Crippen LogP contribution in [0.5, 0.6) is 5.75 Å². The third kappa shape index (κ3) is 3.33. The molecule has 0 N–H and O–H groups in total. The van der Waals surface area contributed by atoms with Crippen molar-refractivity contribution >= 4 is 34.7 Å². The second kappa shape index (κ2) is 7.07. The van der Waals surface area contributed by atoms with Gasteiger partial charge in [-0.15, -0.1) is 0 Å². The molecule has 27 heavy (non-hydrogen) atoms. The van der Waals surface area contributed by atoms with Gasteiger partial charge in [0.1, 0.15) is 5.75 Å². The molecule has 0 saturated heterocycles. The second-order valence-corrected chi connectivity index (χ2v) is 6.38. The van der Waals surface area contributed by atoms with Crippen molar-refractivity contribution in [2.75, 3.05) is 37.0 Å². The van der Waals surface area contributed by atoms with Gasteiger partial charge in [-0.25, -0.2) is 9.97 Å². The van der Waals surface area contributed by atoms with Gasteiger partial charge in [-0.2, -0.15) is 0 Å². The molecule has 0 atom stereocenters. The number of hydrogen-bond acceptors (Lipinski definition) is 5. The Labute approximate surface area is 157 Å². The van der Waals surface area contributed by atoms with Gasteiger partial charge in [0, 0.05) is 26.2 Å². The zero-order chi connectivity index (χ0) is 18.8. The molecule has 2 heterocycles. The van der Waals surface area contributed by atoms with Gasteiger partial charge >= 0.3 is 0 Å². The van der Waals surface area contributed by atoms with E-state index in [0.29, 0.717) is 18.9 Å². The molecule has 1 aliphatic heterocycles. The summed E-state index contributed by atoms with van der Waals surface area (Å²) < 4.78 is 5.22. The van der Waals surface area contributed by atoms with Crippen LogP contribution in [0.2, 0.25) is 0 Å². The quantitative estimate of drug-likeness (QED) is 0.672. The van der Waals surface area contributed by atoms with Crippen molar-refractivity contribution in [2.45, 2.75) is 0 Å². The first-order valence-electron chi connectivity index (χ1n) is 8.77. The summed E-state index contributed by atoms with van der Waals surface area (Å²) in [5, 5.41) is 0. The summed E-state index contributed by atoms with van der Waals surface area (Å²) in [5.41, 5.74) is 2.51. The summed E-state index contributed by atoms with van der Waals surface area (Å²) in [5.74, 6) is 1.97. The van der Waals surface area contributed by atoms with Crippen molar-refractivity contribution in [2.24, 2.45) is 0 Å². The maximum Gasteiger partial charge on any atom is 0.252 e.